The maximum atomic E-state index is 12.8. The molecule has 7 heteroatoms. The zero-order valence-corrected chi connectivity index (χ0v) is 15.3. The molecule has 138 valence electrons. The fraction of sp³-hybridized carbons (Fsp3) is 0.400. The van der Waals surface area contributed by atoms with Gasteiger partial charge in [-0.15, -0.1) is 5.10 Å². The van der Waals surface area contributed by atoms with Crippen LogP contribution in [0.3, 0.4) is 0 Å². The number of carbonyl (C=O) groups excluding carboxylic acids is 2. The van der Waals surface area contributed by atoms with Gasteiger partial charge in [0.25, 0.3) is 0 Å². The third kappa shape index (κ3) is 4.00. The molecule has 1 heterocycles. The summed E-state index contributed by atoms with van der Waals surface area (Å²) in [7, 11) is 0. The number of tetrazole rings is 1. The number of hydrogen-bond donors (Lipinski definition) is 0. The van der Waals surface area contributed by atoms with Gasteiger partial charge in [0.1, 0.15) is 0 Å². The maximum Gasteiger partial charge on any atom is 0.190 e. The minimum Gasteiger partial charge on any atom is -0.289 e. The molecule has 27 heavy (non-hydrogen) atoms. The van der Waals surface area contributed by atoms with Crippen molar-refractivity contribution in [3.63, 3.8) is 0 Å². The van der Waals surface area contributed by atoms with Gasteiger partial charge in [0.05, 0.1) is 6.07 Å². The number of fused-ring (bicyclic) bond motifs is 1. The van der Waals surface area contributed by atoms with E-state index in [9.17, 15) is 9.59 Å². The smallest absolute Gasteiger partial charge is 0.190 e. The standard InChI is InChI=1S/C20H21N5O2/c1-14-15(20(27)17-9-5-4-8-16(17)19(14)26)10-11-18-22-23-24-25(18)13-7-3-2-6-12-21/h4-5,8-9H,2-3,6-7,10-11,13H2,1H3. The molecule has 0 fully saturated rings. The number of unbranched alkanes of at least 4 members (excludes halogenated alkanes) is 3. The van der Waals surface area contributed by atoms with Crippen LogP contribution in [0.1, 0.15) is 65.6 Å². The summed E-state index contributed by atoms with van der Waals surface area (Å²) in [5.41, 5.74) is 2.00. The monoisotopic (exact) mass is 363 g/mol. The predicted molar refractivity (Wildman–Crippen MR) is 98.0 cm³/mol. The highest BCUT2D eigenvalue weighted by atomic mass is 16.1. The molecule has 0 radical (unpaired) electrons. The van der Waals surface area contributed by atoms with E-state index in [2.05, 4.69) is 21.6 Å². The van der Waals surface area contributed by atoms with Crippen LogP contribution >= 0.6 is 0 Å². The number of hydrogen-bond acceptors (Lipinski definition) is 6. The second-order valence-corrected chi connectivity index (χ2v) is 6.59. The predicted octanol–water partition coefficient (Wildman–Crippen LogP) is 3.09. The minimum absolute atomic E-state index is 0.0850. The molecule has 0 bridgehead atoms. The van der Waals surface area contributed by atoms with Crippen LogP contribution in [-0.2, 0) is 13.0 Å². The Bertz CT molecular complexity index is 936. The van der Waals surface area contributed by atoms with E-state index in [4.69, 9.17) is 5.26 Å². The van der Waals surface area contributed by atoms with Crippen LogP contribution in [0.25, 0.3) is 0 Å². The lowest BCUT2D eigenvalue weighted by molar-refractivity contribution is 0.0972. The SMILES string of the molecule is CC1=C(CCc2nnnn2CCCCCC#N)C(=O)c2ccccc2C1=O. The van der Waals surface area contributed by atoms with Gasteiger partial charge in [-0.05, 0) is 36.6 Å². The number of nitrogens with zero attached hydrogens (tertiary/aromatic N) is 5. The van der Waals surface area contributed by atoms with Gasteiger partial charge in [-0.3, -0.25) is 9.59 Å². The van der Waals surface area contributed by atoms with E-state index in [0.29, 0.717) is 53.9 Å². The van der Waals surface area contributed by atoms with Crippen molar-refractivity contribution in [1.82, 2.24) is 20.2 Å². The van der Waals surface area contributed by atoms with Gasteiger partial charge < -0.3 is 0 Å². The molecule has 3 rings (SSSR count). The number of carbonyl (C=O) groups is 2. The molecule has 2 aromatic rings. The molecule has 1 aromatic carbocycles. The largest absolute Gasteiger partial charge is 0.289 e. The number of allylic oxidation sites excluding steroid dienone is 2. The van der Waals surface area contributed by atoms with E-state index < -0.39 is 0 Å². The van der Waals surface area contributed by atoms with Crippen molar-refractivity contribution in [2.45, 2.75) is 52.0 Å². The van der Waals surface area contributed by atoms with Crippen molar-refractivity contribution >= 4 is 11.6 Å². The summed E-state index contributed by atoms with van der Waals surface area (Å²) >= 11 is 0. The van der Waals surface area contributed by atoms with Gasteiger partial charge >= 0.3 is 0 Å². The quantitative estimate of drug-likeness (QED) is 0.668. The fourth-order valence-electron chi connectivity index (χ4n) is 3.31. The molecule has 7 nitrogen and oxygen atoms in total. The number of rotatable bonds is 8. The Morgan fingerprint density at radius 2 is 1.78 bits per heavy atom. The van der Waals surface area contributed by atoms with Crippen molar-refractivity contribution < 1.29 is 9.59 Å². The normalized spacial score (nSPS) is 13.6. The highest BCUT2D eigenvalue weighted by Crippen LogP contribution is 2.28. The Balaban J connectivity index is 1.67. The maximum absolute atomic E-state index is 12.8. The third-order valence-electron chi connectivity index (χ3n) is 4.85. The lowest BCUT2D eigenvalue weighted by atomic mass is 9.83. The minimum atomic E-state index is -0.0858. The molecule has 0 N–H and O–H groups in total. The molecule has 0 unspecified atom stereocenters. The zero-order chi connectivity index (χ0) is 19.2. The van der Waals surface area contributed by atoms with Crippen LogP contribution in [0, 0.1) is 11.3 Å². The first kappa shape index (κ1) is 18.6. The van der Waals surface area contributed by atoms with Crippen LogP contribution in [0.2, 0.25) is 0 Å². The lowest BCUT2D eigenvalue weighted by Crippen LogP contribution is -2.21. The topological polar surface area (TPSA) is 102 Å². The molecule has 0 aliphatic heterocycles. The second-order valence-electron chi connectivity index (χ2n) is 6.59. The van der Waals surface area contributed by atoms with Crippen LogP contribution in [0.15, 0.2) is 35.4 Å². The van der Waals surface area contributed by atoms with Gasteiger partial charge in [0.15, 0.2) is 17.4 Å². The van der Waals surface area contributed by atoms with Crippen LogP contribution < -0.4 is 0 Å². The Hall–Kier alpha value is -3.14. The molecule has 1 aliphatic carbocycles. The average molecular weight is 363 g/mol. The van der Waals surface area contributed by atoms with Crippen molar-refractivity contribution in [2.75, 3.05) is 0 Å². The molecule has 0 spiro atoms. The number of benzene rings is 1. The fourth-order valence-corrected chi connectivity index (χ4v) is 3.31. The molecular formula is C20H21N5O2. The first-order valence-electron chi connectivity index (χ1n) is 9.13. The Morgan fingerprint density at radius 1 is 1.04 bits per heavy atom. The number of aryl methyl sites for hydroxylation is 2. The Kier molecular flexibility index (Phi) is 5.87. The first-order chi connectivity index (χ1) is 13.1. The molecule has 0 saturated heterocycles. The van der Waals surface area contributed by atoms with Gasteiger partial charge in [-0.2, -0.15) is 5.26 Å². The number of Topliss-reactive ketones (excluding diaryl/α,β-unsaturated/α-hetero) is 2. The highest BCUT2D eigenvalue weighted by molar-refractivity contribution is 6.26. The van der Waals surface area contributed by atoms with E-state index in [1.807, 2.05) is 0 Å². The van der Waals surface area contributed by atoms with E-state index in [0.717, 1.165) is 19.3 Å². The summed E-state index contributed by atoms with van der Waals surface area (Å²) in [5.74, 6) is 0.533. The Morgan fingerprint density at radius 3 is 2.52 bits per heavy atom. The third-order valence-corrected chi connectivity index (χ3v) is 4.85. The summed E-state index contributed by atoms with van der Waals surface area (Å²) in [4.78, 5) is 25.3. The lowest BCUT2D eigenvalue weighted by Gasteiger charge is -2.18. The van der Waals surface area contributed by atoms with Crippen LogP contribution in [0.4, 0.5) is 0 Å². The van der Waals surface area contributed by atoms with Gasteiger partial charge in [0.2, 0.25) is 0 Å². The van der Waals surface area contributed by atoms with Gasteiger partial charge in [-0.25, -0.2) is 4.68 Å². The average Bonchev–Trinajstić information content (AvgIpc) is 3.13. The van der Waals surface area contributed by atoms with Crippen molar-refractivity contribution in [2.24, 2.45) is 0 Å². The molecular weight excluding hydrogens is 342 g/mol. The van der Waals surface area contributed by atoms with Crippen LogP contribution in [-0.4, -0.2) is 31.8 Å². The van der Waals surface area contributed by atoms with E-state index >= 15 is 0 Å². The molecule has 1 aliphatic rings. The summed E-state index contributed by atoms with van der Waals surface area (Å²) in [6, 6.07) is 9.08. The molecule has 0 atom stereocenters. The van der Waals surface area contributed by atoms with Gasteiger partial charge in [-0.1, -0.05) is 30.7 Å². The summed E-state index contributed by atoms with van der Waals surface area (Å²) in [6.07, 6.45) is 4.20. The number of ketones is 2. The van der Waals surface area contributed by atoms with E-state index in [-0.39, 0.29) is 11.6 Å². The summed E-state index contributed by atoms with van der Waals surface area (Å²) in [6.45, 7) is 2.39. The van der Waals surface area contributed by atoms with Crippen molar-refractivity contribution in [1.29, 1.82) is 5.26 Å². The first-order valence-corrected chi connectivity index (χ1v) is 9.13. The molecule has 0 amide bonds. The Labute approximate surface area is 157 Å². The number of nitriles is 1. The van der Waals surface area contributed by atoms with Crippen molar-refractivity contribution in [3.8, 4) is 6.07 Å². The van der Waals surface area contributed by atoms with Gasteiger partial charge in [0, 0.05) is 41.7 Å². The second kappa shape index (κ2) is 8.49. The van der Waals surface area contributed by atoms with Crippen LogP contribution in [0.5, 0.6) is 0 Å². The van der Waals surface area contributed by atoms with E-state index in [1.54, 1.807) is 35.9 Å². The summed E-state index contributed by atoms with van der Waals surface area (Å²) < 4.78 is 1.74. The van der Waals surface area contributed by atoms with Crippen molar-refractivity contribution in [3.05, 3.63) is 52.4 Å². The highest BCUT2D eigenvalue weighted by Gasteiger charge is 2.29. The van der Waals surface area contributed by atoms with E-state index in [1.165, 1.54) is 0 Å². The zero-order valence-electron chi connectivity index (χ0n) is 15.3. The number of aromatic nitrogens is 4. The molecule has 1 aromatic heterocycles. The molecule has 0 saturated carbocycles. The summed E-state index contributed by atoms with van der Waals surface area (Å²) in [5, 5.41) is 20.4.